The lowest BCUT2D eigenvalue weighted by Gasteiger charge is -2.35. The smallest absolute Gasteiger partial charge is 0.343 e. The highest BCUT2D eigenvalue weighted by atomic mass is 79.9. The molecule has 78 heavy (non-hydrogen) atoms. The van der Waals surface area contributed by atoms with Crippen molar-refractivity contribution >= 4 is 67.5 Å². The van der Waals surface area contributed by atoms with E-state index in [1.54, 1.807) is 166 Å². The van der Waals surface area contributed by atoms with Crippen LogP contribution in [0.5, 0.6) is 46.0 Å². The normalized spacial score (nSPS) is 11.1. The number of halogens is 2. The first-order valence-corrected chi connectivity index (χ1v) is 26.0. The summed E-state index contributed by atoms with van der Waals surface area (Å²) in [6, 6.07) is 37.0. The number of esters is 5. The van der Waals surface area contributed by atoms with Gasteiger partial charge in [-0.2, -0.15) is 0 Å². The summed E-state index contributed by atoms with van der Waals surface area (Å²) in [7, 11) is 6.19. The molecule has 418 valence electrons. The van der Waals surface area contributed by atoms with Crippen LogP contribution in [0.3, 0.4) is 0 Å². The molecule has 1 unspecified atom stereocenters. The number of hydrogen-bond acceptors (Lipinski definition) is 15. The lowest BCUT2D eigenvalue weighted by Crippen LogP contribution is -2.47. The number of carbonyl (C=O) groups excluding carboxylic acids is 6. The molecule has 6 aromatic carbocycles. The van der Waals surface area contributed by atoms with Gasteiger partial charge in [-0.15, -0.1) is 0 Å². The second-order valence-electron chi connectivity index (χ2n) is 18.7. The number of rotatable bonds is 18. The number of hydrogen-bond donors (Lipinski definition) is 0. The molecule has 15 nitrogen and oxygen atoms in total. The van der Waals surface area contributed by atoms with Gasteiger partial charge in [0.15, 0.2) is 11.4 Å². The number of Topliss-reactive ketones (excluding diaryl/α,β-unsaturated/α-hetero) is 1. The van der Waals surface area contributed by atoms with Gasteiger partial charge in [0.1, 0.15) is 46.0 Å². The average Bonchev–Trinajstić information content (AvgIpc) is 3.41. The van der Waals surface area contributed by atoms with Gasteiger partial charge in [-0.3, -0.25) is 9.59 Å². The van der Waals surface area contributed by atoms with E-state index < -0.39 is 51.1 Å². The Kier molecular flexibility index (Phi) is 26.0. The average molecular weight is 1200 g/mol. The van der Waals surface area contributed by atoms with E-state index in [2.05, 4.69) is 31.9 Å². The van der Waals surface area contributed by atoms with Crippen LogP contribution in [-0.4, -0.2) is 75.5 Å². The third-order valence-corrected chi connectivity index (χ3v) is 11.9. The number of ether oxygens (including phenoxy) is 9. The highest BCUT2D eigenvalue weighted by Gasteiger charge is 2.44. The maximum Gasteiger partial charge on any atom is 0.343 e. The maximum atomic E-state index is 13.8. The number of methoxy groups -OCH3 is 4. The van der Waals surface area contributed by atoms with Crippen molar-refractivity contribution in [3.05, 3.63) is 167 Å². The molecule has 0 bridgehead atoms. The third kappa shape index (κ3) is 19.2. The predicted molar refractivity (Wildman–Crippen MR) is 308 cm³/mol. The number of alkyl halides is 2. The van der Waals surface area contributed by atoms with Crippen molar-refractivity contribution in [3.63, 3.8) is 0 Å². The molecular formula is C61H70Br2O15. The van der Waals surface area contributed by atoms with E-state index in [0.717, 1.165) is 0 Å². The monoisotopic (exact) mass is 1200 g/mol. The molecule has 0 amide bonds. The molecule has 0 saturated carbocycles. The van der Waals surface area contributed by atoms with Crippen LogP contribution in [0.1, 0.15) is 122 Å². The van der Waals surface area contributed by atoms with E-state index in [0.29, 0.717) is 62.7 Å². The Labute approximate surface area is 475 Å². The summed E-state index contributed by atoms with van der Waals surface area (Å²) < 4.78 is 47.9. The fourth-order valence-electron chi connectivity index (χ4n) is 7.01. The minimum absolute atomic E-state index is 0. The van der Waals surface area contributed by atoms with Crippen molar-refractivity contribution < 1.29 is 71.4 Å². The topological polar surface area (TPSA) is 185 Å². The van der Waals surface area contributed by atoms with Crippen LogP contribution in [0.15, 0.2) is 140 Å². The van der Waals surface area contributed by atoms with Gasteiger partial charge in [0.25, 0.3) is 0 Å². The van der Waals surface area contributed by atoms with E-state index in [-0.39, 0.29) is 38.2 Å². The van der Waals surface area contributed by atoms with Crippen LogP contribution < -0.4 is 37.9 Å². The molecule has 6 rings (SSSR count). The highest BCUT2D eigenvalue weighted by Crippen LogP contribution is 2.42. The zero-order valence-corrected chi connectivity index (χ0v) is 47.6. The second-order valence-corrected chi connectivity index (χ2v) is 19.8. The van der Waals surface area contributed by atoms with Crippen LogP contribution in [0.4, 0.5) is 0 Å². The van der Waals surface area contributed by atoms with Gasteiger partial charge in [0.05, 0.1) is 56.1 Å². The van der Waals surface area contributed by atoms with Crippen LogP contribution in [0.2, 0.25) is 0 Å². The van der Waals surface area contributed by atoms with Crippen molar-refractivity contribution in [2.75, 3.05) is 34.3 Å². The SMILES string of the molecule is C.C.CBr.COc1ccc(OC(=O)c2ccc(C(=O)Oc3ccc(OC)cc3)c(C(Br)CC(C)(C)C(=O)C(C)(C)OC(=O)C(C)(C)C)c2)cc1.COc1ccc(OC(=O)c2ccc(C(=O)Oc3ccc(OC)cc3)cc2)cc1. The van der Waals surface area contributed by atoms with Gasteiger partial charge in [-0.1, -0.05) is 60.6 Å². The first-order chi connectivity index (χ1) is 36.0. The fraction of sp³-hybridized carbons (Fsp3) is 0.311. The Hall–Kier alpha value is -7.50. The number of ketones is 1. The number of carbonyl (C=O) groups is 6. The molecule has 17 heteroatoms. The quantitative estimate of drug-likeness (QED) is 0.0449. The van der Waals surface area contributed by atoms with Gasteiger partial charge in [0.2, 0.25) is 0 Å². The van der Waals surface area contributed by atoms with Crippen molar-refractivity contribution in [1.29, 1.82) is 0 Å². The summed E-state index contributed by atoms with van der Waals surface area (Å²) in [6.07, 6.45) is 0.183. The summed E-state index contributed by atoms with van der Waals surface area (Å²) in [5.41, 5.74) is -1.84. The van der Waals surface area contributed by atoms with Crippen LogP contribution in [0.25, 0.3) is 0 Å². The minimum atomic E-state index is -1.42. The largest absolute Gasteiger partial charge is 0.497 e. The summed E-state index contributed by atoms with van der Waals surface area (Å²) in [5, 5.41) is 0. The van der Waals surface area contributed by atoms with Gasteiger partial charge < -0.3 is 42.6 Å². The molecule has 0 aliphatic heterocycles. The molecule has 0 fully saturated rings. The van der Waals surface area contributed by atoms with Crippen molar-refractivity contribution in [2.45, 2.75) is 80.2 Å². The molecule has 0 N–H and O–H groups in total. The summed E-state index contributed by atoms with van der Waals surface area (Å²) in [4.78, 5) is 76.9. The zero-order chi connectivity index (χ0) is 56.4. The summed E-state index contributed by atoms with van der Waals surface area (Å²) >= 11 is 6.62. The van der Waals surface area contributed by atoms with E-state index in [1.807, 2.05) is 5.83 Å². The molecule has 0 aliphatic rings. The van der Waals surface area contributed by atoms with E-state index in [9.17, 15) is 28.8 Å². The summed E-state index contributed by atoms with van der Waals surface area (Å²) in [5.74, 6) is 2.59. The minimum Gasteiger partial charge on any atom is -0.497 e. The van der Waals surface area contributed by atoms with Gasteiger partial charge in [-0.25, -0.2) is 19.2 Å². The van der Waals surface area contributed by atoms with Gasteiger partial charge >= 0.3 is 29.8 Å². The Balaban J connectivity index is 0.000000556. The first-order valence-electron chi connectivity index (χ1n) is 23.5. The predicted octanol–water partition coefficient (Wildman–Crippen LogP) is 14.4. The van der Waals surface area contributed by atoms with Crippen molar-refractivity contribution in [2.24, 2.45) is 10.8 Å². The van der Waals surface area contributed by atoms with Crippen LogP contribution in [-0.2, 0) is 14.3 Å². The van der Waals surface area contributed by atoms with E-state index >= 15 is 0 Å². The molecule has 0 heterocycles. The van der Waals surface area contributed by atoms with Crippen LogP contribution in [0, 0.1) is 10.8 Å². The van der Waals surface area contributed by atoms with Crippen molar-refractivity contribution in [3.8, 4) is 46.0 Å². The van der Waals surface area contributed by atoms with Gasteiger partial charge in [-0.05, 0) is 192 Å². The first kappa shape index (κ1) is 66.6. The van der Waals surface area contributed by atoms with Crippen molar-refractivity contribution in [1.82, 2.24) is 0 Å². The molecule has 0 aromatic heterocycles. The lowest BCUT2D eigenvalue weighted by molar-refractivity contribution is -0.174. The third-order valence-electron chi connectivity index (χ3n) is 11.1. The summed E-state index contributed by atoms with van der Waals surface area (Å²) in [6.45, 7) is 11.8. The standard InChI is InChI=1S/C36H41BrO9.C22H18O6.CH3Br.2CH4/c1-34(2,3)33(41)46-36(6,7)32(40)35(4,5)21-29(37)28-20-22(30(38)44-25-15-11-23(42-8)12-16-25)10-19-27(28)31(39)45-26-17-13-24(43-9)14-18-26;1-25-17-7-11-19(12-8-17)27-21(23)15-3-5-16(6-4-15)22(24)28-20-13-9-18(26-2)10-14-20;1-2;;/h10-20,29H,21H2,1-9H3;3-14H,1-2H3;1H3;2*1H4. The van der Waals surface area contributed by atoms with E-state index in [1.165, 1.54) is 50.6 Å². The Bertz CT molecular complexity index is 2830. The Morgan fingerprint density at radius 2 is 0.705 bits per heavy atom. The zero-order valence-electron chi connectivity index (χ0n) is 44.4. The Morgan fingerprint density at radius 1 is 0.423 bits per heavy atom. The molecule has 0 radical (unpaired) electrons. The maximum absolute atomic E-state index is 13.8. The second kappa shape index (κ2) is 30.4. The molecule has 1 atom stereocenters. The molecule has 6 aromatic rings. The lowest BCUT2D eigenvalue weighted by atomic mass is 9.75. The van der Waals surface area contributed by atoms with Crippen LogP contribution >= 0.6 is 31.9 Å². The Morgan fingerprint density at radius 3 is 1.01 bits per heavy atom. The molecular weight excluding hydrogens is 1130 g/mol. The highest BCUT2D eigenvalue weighted by molar-refractivity contribution is 9.09. The fourth-order valence-corrected chi connectivity index (χ4v) is 8.20. The molecule has 0 spiro atoms. The van der Waals surface area contributed by atoms with E-state index in [4.69, 9.17) is 42.6 Å². The number of benzene rings is 6. The molecule has 0 saturated heterocycles. The van der Waals surface area contributed by atoms with Gasteiger partial charge in [0, 0.05) is 10.2 Å². The molecule has 0 aliphatic carbocycles.